The number of thiocarbonyl (C=S) groups is 1. The van der Waals surface area contributed by atoms with E-state index in [4.69, 9.17) is 18.0 Å². The molecule has 20 heavy (non-hydrogen) atoms. The summed E-state index contributed by atoms with van der Waals surface area (Å²) in [6.45, 7) is 1.97. The van der Waals surface area contributed by atoms with E-state index in [-0.39, 0.29) is 6.61 Å². The molecule has 2 heterocycles. The van der Waals surface area contributed by atoms with Crippen molar-refractivity contribution in [2.24, 2.45) is 11.7 Å². The second-order valence-electron chi connectivity index (χ2n) is 5.19. The van der Waals surface area contributed by atoms with Crippen LogP contribution < -0.4 is 10.6 Å². The molecule has 1 saturated heterocycles. The summed E-state index contributed by atoms with van der Waals surface area (Å²) in [5.74, 6) is 0.320. The minimum Gasteiger partial charge on any atom is -0.396 e. The second kappa shape index (κ2) is 5.34. The van der Waals surface area contributed by atoms with Gasteiger partial charge in [0.25, 0.3) is 0 Å². The molecule has 0 aliphatic carbocycles. The van der Waals surface area contributed by atoms with E-state index in [0.717, 1.165) is 41.7 Å². The molecule has 1 atom stereocenters. The van der Waals surface area contributed by atoms with Gasteiger partial charge in [-0.15, -0.1) is 0 Å². The van der Waals surface area contributed by atoms with Gasteiger partial charge >= 0.3 is 0 Å². The lowest BCUT2D eigenvalue weighted by Gasteiger charge is -2.23. The molecule has 3 N–H and O–H groups in total. The van der Waals surface area contributed by atoms with Gasteiger partial charge in [0.2, 0.25) is 0 Å². The molecule has 0 radical (unpaired) electrons. The fourth-order valence-corrected chi connectivity index (χ4v) is 2.98. The van der Waals surface area contributed by atoms with Gasteiger partial charge < -0.3 is 15.7 Å². The molecular formula is C15H17N3OS. The highest BCUT2D eigenvalue weighted by atomic mass is 32.1. The number of anilines is 1. The fraction of sp³-hybridized carbons (Fsp3) is 0.333. The minimum absolute atomic E-state index is 0.224. The number of rotatable bonds is 3. The van der Waals surface area contributed by atoms with Crippen molar-refractivity contribution in [1.29, 1.82) is 0 Å². The van der Waals surface area contributed by atoms with Crippen LogP contribution in [0.15, 0.2) is 30.5 Å². The van der Waals surface area contributed by atoms with Crippen LogP contribution in [-0.2, 0) is 0 Å². The Balaban J connectivity index is 2.15. The Morgan fingerprint density at radius 3 is 2.95 bits per heavy atom. The largest absolute Gasteiger partial charge is 0.396 e. The lowest BCUT2D eigenvalue weighted by atomic mass is 10.1. The molecule has 0 bridgehead atoms. The van der Waals surface area contributed by atoms with Crippen LogP contribution in [0.2, 0.25) is 0 Å². The molecule has 1 aromatic heterocycles. The van der Waals surface area contributed by atoms with E-state index in [0.29, 0.717) is 10.9 Å². The first kappa shape index (κ1) is 13.3. The highest BCUT2D eigenvalue weighted by molar-refractivity contribution is 7.80. The summed E-state index contributed by atoms with van der Waals surface area (Å²) in [7, 11) is 0. The number of pyridine rings is 1. The topological polar surface area (TPSA) is 62.4 Å². The molecule has 3 rings (SSSR count). The molecular weight excluding hydrogens is 270 g/mol. The molecule has 0 amide bonds. The van der Waals surface area contributed by atoms with Gasteiger partial charge in [-0.2, -0.15) is 0 Å². The molecule has 0 saturated carbocycles. The molecule has 1 unspecified atom stereocenters. The summed E-state index contributed by atoms with van der Waals surface area (Å²) in [5.41, 5.74) is 8.67. The van der Waals surface area contributed by atoms with Gasteiger partial charge in [-0.25, -0.2) is 0 Å². The number of nitrogens with two attached hydrogens (primary N) is 1. The monoisotopic (exact) mass is 287 g/mol. The Morgan fingerprint density at radius 2 is 2.25 bits per heavy atom. The zero-order chi connectivity index (χ0) is 14.1. The third-order valence-corrected chi connectivity index (χ3v) is 4.09. The van der Waals surface area contributed by atoms with Crippen molar-refractivity contribution in [3.63, 3.8) is 0 Å². The summed E-state index contributed by atoms with van der Waals surface area (Å²) in [4.78, 5) is 7.06. The van der Waals surface area contributed by atoms with E-state index in [1.165, 1.54) is 0 Å². The van der Waals surface area contributed by atoms with Crippen LogP contribution in [0.5, 0.6) is 0 Å². The Labute approximate surface area is 123 Å². The van der Waals surface area contributed by atoms with E-state index < -0.39 is 0 Å². The first-order valence-electron chi connectivity index (χ1n) is 6.74. The van der Waals surface area contributed by atoms with Crippen molar-refractivity contribution < 1.29 is 5.11 Å². The van der Waals surface area contributed by atoms with E-state index in [1.807, 2.05) is 24.3 Å². The molecule has 104 valence electrons. The van der Waals surface area contributed by atoms with Crippen molar-refractivity contribution in [2.75, 3.05) is 24.6 Å². The summed E-state index contributed by atoms with van der Waals surface area (Å²) in [5, 5.41) is 10.4. The van der Waals surface area contributed by atoms with Crippen LogP contribution in [0.1, 0.15) is 12.0 Å². The molecule has 1 fully saturated rings. The van der Waals surface area contributed by atoms with Crippen LogP contribution in [0.3, 0.4) is 0 Å². The second-order valence-corrected chi connectivity index (χ2v) is 5.62. The van der Waals surface area contributed by atoms with Gasteiger partial charge in [0.1, 0.15) is 4.99 Å². The first-order chi connectivity index (χ1) is 9.70. The maximum Gasteiger partial charge on any atom is 0.107 e. The maximum absolute atomic E-state index is 9.33. The summed E-state index contributed by atoms with van der Waals surface area (Å²) in [6.07, 6.45) is 2.75. The van der Waals surface area contributed by atoms with Crippen molar-refractivity contribution in [3.8, 4) is 0 Å². The van der Waals surface area contributed by atoms with Crippen molar-refractivity contribution in [3.05, 3.63) is 36.0 Å². The molecule has 2 aromatic rings. The van der Waals surface area contributed by atoms with E-state index >= 15 is 0 Å². The Bertz CT molecular complexity index is 659. The Morgan fingerprint density at radius 1 is 1.45 bits per heavy atom. The number of hydrogen-bond donors (Lipinski definition) is 2. The number of aliphatic hydroxyl groups is 1. The zero-order valence-corrected chi connectivity index (χ0v) is 11.9. The number of nitrogens with zero attached hydrogens (tertiary/aromatic N) is 2. The first-order valence-corrected chi connectivity index (χ1v) is 7.15. The Kier molecular flexibility index (Phi) is 3.54. The summed E-state index contributed by atoms with van der Waals surface area (Å²) >= 11 is 5.17. The molecule has 1 aliphatic heterocycles. The number of aromatic nitrogens is 1. The van der Waals surface area contributed by atoms with Gasteiger partial charge in [-0.05, 0) is 12.5 Å². The van der Waals surface area contributed by atoms with Crippen LogP contribution >= 0.6 is 12.2 Å². The molecule has 1 aliphatic rings. The number of para-hydroxylation sites is 1. The van der Waals surface area contributed by atoms with Gasteiger partial charge in [-0.1, -0.05) is 30.4 Å². The van der Waals surface area contributed by atoms with Crippen LogP contribution in [-0.4, -0.2) is 34.8 Å². The third kappa shape index (κ3) is 2.23. The molecule has 0 spiro atoms. The smallest absolute Gasteiger partial charge is 0.107 e. The predicted octanol–water partition coefficient (Wildman–Crippen LogP) is 1.69. The fourth-order valence-electron chi connectivity index (χ4n) is 2.83. The highest BCUT2D eigenvalue weighted by Gasteiger charge is 2.25. The zero-order valence-electron chi connectivity index (χ0n) is 11.1. The quantitative estimate of drug-likeness (QED) is 0.841. The van der Waals surface area contributed by atoms with Gasteiger partial charge in [0, 0.05) is 37.2 Å². The number of aliphatic hydroxyl groups excluding tert-OH is 1. The van der Waals surface area contributed by atoms with Crippen molar-refractivity contribution >= 4 is 33.8 Å². The average Bonchev–Trinajstić information content (AvgIpc) is 2.94. The van der Waals surface area contributed by atoms with Crippen molar-refractivity contribution in [1.82, 2.24) is 4.98 Å². The van der Waals surface area contributed by atoms with Gasteiger partial charge in [0.15, 0.2) is 0 Å². The third-order valence-electron chi connectivity index (χ3n) is 3.87. The standard InChI is InChI=1S/C15H17N3OS/c16-15(20)12-7-17-13-4-2-1-3-11(13)14(12)18-6-5-10(8-18)9-19/h1-4,7,10,19H,5-6,8-9H2,(H2,16,20). The summed E-state index contributed by atoms with van der Waals surface area (Å²) < 4.78 is 0. The van der Waals surface area contributed by atoms with E-state index in [9.17, 15) is 5.11 Å². The number of hydrogen-bond acceptors (Lipinski definition) is 4. The minimum atomic E-state index is 0.224. The van der Waals surface area contributed by atoms with Gasteiger partial charge in [0.05, 0.1) is 16.8 Å². The van der Waals surface area contributed by atoms with Crippen molar-refractivity contribution in [2.45, 2.75) is 6.42 Å². The predicted molar refractivity (Wildman–Crippen MR) is 85.0 cm³/mol. The molecule has 5 heteroatoms. The highest BCUT2D eigenvalue weighted by Crippen LogP contribution is 2.33. The Hall–Kier alpha value is -1.72. The SMILES string of the molecule is NC(=S)c1cnc2ccccc2c1N1CCC(CO)C1. The number of fused-ring (bicyclic) bond motifs is 1. The lowest BCUT2D eigenvalue weighted by Crippen LogP contribution is -2.25. The van der Waals surface area contributed by atoms with Crippen LogP contribution in [0, 0.1) is 5.92 Å². The van der Waals surface area contributed by atoms with Gasteiger partial charge in [-0.3, -0.25) is 4.98 Å². The van der Waals surface area contributed by atoms with E-state index in [1.54, 1.807) is 6.20 Å². The van der Waals surface area contributed by atoms with E-state index in [2.05, 4.69) is 9.88 Å². The normalized spacial score (nSPS) is 18.6. The lowest BCUT2D eigenvalue weighted by molar-refractivity contribution is 0.238. The van der Waals surface area contributed by atoms with Crippen LogP contribution in [0.4, 0.5) is 5.69 Å². The average molecular weight is 287 g/mol. The summed E-state index contributed by atoms with van der Waals surface area (Å²) in [6, 6.07) is 8.00. The molecule has 4 nitrogen and oxygen atoms in total. The maximum atomic E-state index is 9.33. The number of benzene rings is 1. The van der Waals surface area contributed by atoms with Crippen LogP contribution in [0.25, 0.3) is 10.9 Å². The molecule has 1 aromatic carbocycles.